The lowest BCUT2D eigenvalue weighted by atomic mass is 10.1. The Labute approximate surface area is 368 Å². The average Bonchev–Trinajstić information content (AvgIpc) is 3.20. The molecule has 348 valence electrons. The van der Waals surface area contributed by atoms with Gasteiger partial charge in [0.2, 0.25) is 0 Å². The second-order valence-corrected chi connectivity index (χ2v) is 18.6. The van der Waals surface area contributed by atoms with E-state index in [0.717, 1.165) is 57.8 Å². The number of esters is 2. The highest BCUT2D eigenvalue weighted by Crippen LogP contribution is 2.43. The highest BCUT2D eigenvalue weighted by Gasteiger charge is 2.27. The first-order valence-electron chi connectivity index (χ1n) is 24.0. The summed E-state index contributed by atoms with van der Waals surface area (Å²) in [6, 6.07) is 0. The zero-order valence-electron chi connectivity index (χ0n) is 39.2. The number of carbonyl (C=O) groups excluding carboxylic acids is 2. The Hall–Kier alpha value is -2.29. The van der Waals surface area contributed by atoms with Crippen molar-refractivity contribution in [1.82, 2.24) is 0 Å². The van der Waals surface area contributed by atoms with Gasteiger partial charge in [-0.05, 0) is 77.0 Å². The molecular formula is C50H91NO8P+. The largest absolute Gasteiger partial charge is 0.472 e. The summed E-state index contributed by atoms with van der Waals surface area (Å²) in [4.78, 5) is 35.4. The fourth-order valence-corrected chi connectivity index (χ4v) is 6.98. The molecule has 0 aromatic heterocycles. The summed E-state index contributed by atoms with van der Waals surface area (Å²) in [5.74, 6) is -0.875. The Morgan fingerprint density at radius 3 is 1.40 bits per heavy atom. The summed E-state index contributed by atoms with van der Waals surface area (Å²) in [6.07, 6.45) is 51.4. The number of likely N-dealkylation sites (N-methyl/N-ethyl adjacent to an activating group) is 1. The number of hydrogen-bond donors (Lipinski definition) is 1. The van der Waals surface area contributed by atoms with Gasteiger partial charge in [0.25, 0.3) is 0 Å². The standard InChI is InChI=1S/C50H90NO8P/c1-6-8-10-12-14-16-18-20-22-23-24-25-26-27-29-31-33-35-37-39-41-43-50(53)59-48(47-58-60(54,55)57-45-44-51(3,4)5)46-56-49(52)42-40-38-36-34-32-30-28-21-19-17-15-13-11-9-7-2/h21-23,25-26,28-29,31,35,37,48H,6-20,24,27,30,32-34,36,38-47H2,1-5H3/p+1/b23-22+,26-25+,28-21+,31-29+,37-35+/t48-/m1/s1. The average molecular weight is 865 g/mol. The molecule has 0 spiro atoms. The first-order chi connectivity index (χ1) is 29.0. The molecule has 0 aromatic rings. The van der Waals surface area contributed by atoms with Gasteiger partial charge in [0.15, 0.2) is 6.10 Å². The van der Waals surface area contributed by atoms with Crippen LogP contribution in [0.15, 0.2) is 60.8 Å². The molecule has 0 saturated carbocycles. The van der Waals surface area contributed by atoms with Crippen molar-refractivity contribution >= 4 is 19.8 Å². The third kappa shape index (κ3) is 45.2. The zero-order chi connectivity index (χ0) is 44.3. The highest BCUT2D eigenvalue weighted by atomic mass is 31.2. The van der Waals surface area contributed by atoms with Gasteiger partial charge in [-0.2, -0.15) is 0 Å². The Kier molecular flexibility index (Phi) is 40.4. The summed E-state index contributed by atoms with van der Waals surface area (Å²) in [5, 5.41) is 0. The van der Waals surface area contributed by atoms with E-state index >= 15 is 0 Å². The minimum atomic E-state index is -4.40. The minimum absolute atomic E-state index is 0.0182. The molecule has 2 atom stereocenters. The molecule has 0 amide bonds. The summed E-state index contributed by atoms with van der Waals surface area (Å²) < 4.78 is 34.3. The van der Waals surface area contributed by atoms with E-state index in [9.17, 15) is 19.0 Å². The topological polar surface area (TPSA) is 108 Å². The van der Waals surface area contributed by atoms with E-state index in [4.69, 9.17) is 18.5 Å². The second kappa shape index (κ2) is 42.0. The lowest BCUT2D eigenvalue weighted by molar-refractivity contribution is -0.870. The van der Waals surface area contributed by atoms with E-state index in [1.165, 1.54) is 96.3 Å². The minimum Gasteiger partial charge on any atom is -0.462 e. The quantitative estimate of drug-likeness (QED) is 0.0212. The molecule has 1 unspecified atom stereocenters. The van der Waals surface area contributed by atoms with Crippen LogP contribution in [0.4, 0.5) is 0 Å². The smallest absolute Gasteiger partial charge is 0.462 e. The van der Waals surface area contributed by atoms with Crippen LogP contribution in [0.25, 0.3) is 0 Å². The van der Waals surface area contributed by atoms with Gasteiger partial charge in [-0.3, -0.25) is 18.6 Å². The van der Waals surface area contributed by atoms with Gasteiger partial charge in [0, 0.05) is 12.8 Å². The molecule has 0 aliphatic heterocycles. The maximum Gasteiger partial charge on any atom is 0.472 e. The van der Waals surface area contributed by atoms with Crippen LogP contribution in [-0.2, 0) is 32.7 Å². The van der Waals surface area contributed by atoms with Crippen LogP contribution in [0, 0.1) is 0 Å². The molecule has 0 saturated heterocycles. The van der Waals surface area contributed by atoms with E-state index in [1.54, 1.807) is 0 Å². The van der Waals surface area contributed by atoms with Crippen molar-refractivity contribution in [1.29, 1.82) is 0 Å². The van der Waals surface area contributed by atoms with Gasteiger partial charge in [-0.1, -0.05) is 164 Å². The number of rotatable bonds is 43. The molecule has 0 fully saturated rings. The molecular weight excluding hydrogens is 774 g/mol. The van der Waals surface area contributed by atoms with E-state index in [2.05, 4.69) is 74.6 Å². The third-order valence-corrected chi connectivity index (χ3v) is 11.0. The fraction of sp³-hybridized carbons (Fsp3) is 0.760. The summed E-state index contributed by atoms with van der Waals surface area (Å²) in [7, 11) is 1.43. The summed E-state index contributed by atoms with van der Waals surface area (Å²) >= 11 is 0. The Bertz CT molecular complexity index is 1210. The van der Waals surface area contributed by atoms with Gasteiger partial charge in [-0.25, -0.2) is 4.57 Å². The van der Waals surface area contributed by atoms with E-state index in [0.29, 0.717) is 23.9 Å². The van der Waals surface area contributed by atoms with Crippen LogP contribution in [-0.4, -0.2) is 74.9 Å². The second-order valence-electron chi connectivity index (χ2n) is 17.1. The lowest BCUT2D eigenvalue weighted by Crippen LogP contribution is -2.37. The van der Waals surface area contributed by atoms with Crippen molar-refractivity contribution < 1.29 is 42.1 Å². The van der Waals surface area contributed by atoms with Gasteiger partial charge >= 0.3 is 19.8 Å². The van der Waals surface area contributed by atoms with Gasteiger partial charge in [-0.15, -0.1) is 0 Å². The number of allylic oxidation sites excluding steroid dienone is 10. The maximum atomic E-state index is 12.7. The molecule has 0 rings (SSSR count). The van der Waals surface area contributed by atoms with Crippen LogP contribution < -0.4 is 0 Å². The Morgan fingerprint density at radius 1 is 0.517 bits per heavy atom. The molecule has 0 bridgehead atoms. The van der Waals surface area contributed by atoms with Crippen molar-refractivity contribution in [3.63, 3.8) is 0 Å². The molecule has 0 aliphatic carbocycles. The normalized spacial score (nSPS) is 14.0. The number of unbranched alkanes of at least 4 members (excludes halogenated alkanes) is 19. The first kappa shape index (κ1) is 57.7. The van der Waals surface area contributed by atoms with Crippen LogP contribution in [0.5, 0.6) is 0 Å². The number of quaternary nitrogens is 1. The number of hydrogen-bond acceptors (Lipinski definition) is 7. The SMILES string of the molecule is CCCCCCCC/C=C/CCCCCCCC(=O)OC[C@H](COP(=O)(O)OCC[N+](C)(C)C)OC(=O)CCC/C=C/C/C=C/C/C=C/C/C=C/CCCCCCCCC. The Morgan fingerprint density at radius 2 is 0.917 bits per heavy atom. The van der Waals surface area contributed by atoms with E-state index < -0.39 is 32.5 Å². The van der Waals surface area contributed by atoms with E-state index in [-0.39, 0.29) is 26.1 Å². The van der Waals surface area contributed by atoms with E-state index in [1.807, 2.05) is 21.1 Å². The number of phosphoric acid groups is 1. The predicted octanol–water partition coefficient (Wildman–Crippen LogP) is 14.0. The van der Waals surface area contributed by atoms with Gasteiger partial charge in [0.05, 0.1) is 27.7 Å². The zero-order valence-corrected chi connectivity index (χ0v) is 40.1. The lowest BCUT2D eigenvalue weighted by Gasteiger charge is -2.24. The summed E-state index contributed by atoms with van der Waals surface area (Å²) in [5.41, 5.74) is 0. The molecule has 0 aromatic carbocycles. The molecule has 0 aliphatic rings. The van der Waals surface area contributed by atoms with Gasteiger partial charge < -0.3 is 18.9 Å². The number of ether oxygens (including phenoxy) is 2. The molecule has 10 heteroatoms. The molecule has 60 heavy (non-hydrogen) atoms. The number of carbonyl (C=O) groups is 2. The molecule has 9 nitrogen and oxygen atoms in total. The maximum absolute atomic E-state index is 12.7. The molecule has 1 N–H and O–H groups in total. The Balaban J connectivity index is 4.43. The summed E-state index contributed by atoms with van der Waals surface area (Å²) in [6.45, 7) is 4.34. The molecule has 0 heterocycles. The number of phosphoric ester groups is 1. The van der Waals surface area contributed by atoms with Crippen molar-refractivity contribution in [2.45, 2.75) is 200 Å². The van der Waals surface area contributed by atoms with Crippen LogP contribution >= 0.6 is 7.82 Å². The van der Waals surface area contributed by atoms with Crippen LogP contribution in [0.2, 0.25) is 0 Å². The fourth-order valence-electron chi connectivity index (χ4n) is 6.24. The predicted molar refractivity (Wildman–Crippen MR) is 252 cm³/mol. The van der Waals surface area contributed by atoms with Gasteiger partial charge in [0.1, 0.15) is 19.8 Å². The van der Waals surface area contributed by atoms with Crippen molar-refractivity contribution in [3.05, 3.63) is 60.8 Å². The monoisotopic (exact) mass is 865 g/mol. The van der Waals surface area contributed by atoms with Crippen molar-refractivity contribution in [2.24, 2.45) is 0 Å². The van der Waals surface area contributed by atoms with Crippen molar-refractivity contribution in [2.75, 3.05) is 47.5 Å². The van der Waals surface area contributed by atoms with Crippen molar-refractivity contribution in [3.8, 4) is 0 Å². The molecule has 0 radical (unpaired) electrons. The first-order valence-corrected chi connectivity index (χ1v) is 25.5. The van der Waals surface area contributed by atoms with Crippen LogP contribution in [0.3, 0.4) is 0 Å². The number of nitrogens with zero attached hydrogens (tertiary/aromatic N) is 1. The van der Waals surface area contributed by atoms with Crippen LogP contribution in [0.1, 0.15) is 194 Å². The third-order valence-electron chi connectivity index (χ3n) is 10.0. The highest BCUT2D eigenvalue weighted by molar-refractivity contribution is 7.47.